The number of sulfonamides is 1. The fourth-order valence-corrected chi connectivity index (χ4v) is 8.05. The minimum atomic E-state index is -3.63. The quantitative estimate of drug-likeness (QED) is 0.411. The van der Waals surface area contributed by atoms with E-state index in [1.807, 2.05) is 37.3 Å². The second-order valence-corrected chi connectivity index (χ2v) is 13.2. The van der Waals surface area contributed by atoms with Gasteiger partial charge in [0.2, 0.25) is 15.9 Å². The van der Waals surface area contributed by atoms with Gasteiger partial charge < -0.3 is 9.80 Å². The van der Waals surface area contributed by atoms with Crippen molar-refractivity contribution in [3.8, 4) is 0 Å². The molecule has 0 aromatic heterocycles. The van der Waals surface area contributed by atoms with Crippen molar-refractivity contribution in [3.63, 3.8) is 0 Å². The average Bonchev–Trinajstić information content (AvgIpc) is 2.92. The molecule has 2 aromatic carbocycles. The molecule has 2 heterocycles. The molecule has 2 aliphatic rings. The second-order valence-electron chi connectivity index (χ2n) is 11.2. The summed E-state index contributed by atoms with van der Waals surface area (Å²) in [5.74, 6) is 0.978. The monoisotopic (exact) mass is 539 g/mol. The molecule has 4 rings (SSSR count). The van der Waals surface area contributed by atoms with E-state index in [4.69, 9.17) is 0 Å². The Morgan fingerprint density at radius 3 is 2.13 bits per heavy atom. The van der Waals surface area contributed by atoms with Gasteiger partial charge in [-0.1, -0.05) is 67.6 Å². The predicted octanol–water partition coefficient (Wildman–Crippen LogP) is 4.78. The molecule has 1 unspecified atom stereocenters. The Hall–Kier alpha value is -2.22. The maximum Gasteiger partial charge on any atom is 0.240 e. The molecule has 0 saturated carbocycles. The first-order valence-electron chi connectivity index (χ1n) is 14.4. The van der Waals surface area contributed by atoms with Gasteiger partial charge in [0, 0.05) is 13.1 Å². The summed E-state index contributed by atoms with van der Waals surface area (Å²) in [7, 11) is -1.41. The topological polar surface area (TPSA) is 60.9 Å². The van der Waals surface area contributed by atoms with Gasteiger partial charge in [0.15, 0.2) is 0 Å². The van der Waals surface area contributed by atoms with Crippen LogP contribution in [0.3, 0.4) is 0 Å². The Kier molecular flexibility index (Phi) is 10.4. The molecule has 1 amide bonds. The highest BCUT2D eigenvalue weighted by molar-refractivity contribution is 7.89. The van der Waals surface area contributed by atoms with E-state index in [9.17, 15) is 13.2 Å². The number of carbonyl (C=O) groups excluding carboxylic acids is 1. The molecule has 2 fully saturated rings. The predicted molar refractivity (Wildman–Crippen MR) is 155 cm³/mol. The molecule has 0 aliphatic carbocycles. The van der Waals surface area contributed by atoms with Gasteiger partial charge in [0.25, 0.3) is 0 Å². The van der Waals surface area contributed by atoms with Gasteiger partial charge in [0.05, 0.1) is 18.2 Å². The molecule has 6 nitrogen and oxygen atoms in total. The molecule has 208 valence electrons. The van der Waals surface area contributed by atoms with E-state index in [0.29, 0.717) is 31.1 Å². The van der Waals surface area contributed by atoms with Crippen LogP contribution in [0.15, 0.2) is 60.7 Å². The van der Waals surface area contributed by atoms with E-state index in [0.717, 1.165) is 31.6 Å². The maximum absolute atomic E-state index is 13.3. The Morgan fingerprint density at radius 2 is 1.53 bits per heavy atom. The third-order valence-electron chi connectivity index (χ3n) is 8.41. The smallest absolute Gasteiger partial charge is 0.240 e. The zero-order chi connectivity index (χ0) is 27.0. The Labute approximate surface area is 230 Å². The molecule has 2 aliphatic heterocycles. The van der Waals surface area contributed by atoms with Crippen LogP contribution in [0.5, 0.6) is 0 Å². The van der Waals surface area contributed by atoms with Crippen molar-refractivity contribution in [1.29, 1.82) is 0 Å². The third kappa shape index (κ3) is 7.67. The van der Waals surface area contributed by atoms with Gasteiger partial charge >= 0.3 is 0 Å². The first-order valence-corrected chi connectivity index (χ1v) is 16.0. The lowest BCUT2D eigenvalue weighted by atomic mass is 9.78. The van der Waals surface area contributed by atoms with E-state index in [2.05, 4.69) is 47.2 Å². The van der Waals surface area contributed by atoms with E-state index in [-0.39, 0.29) is 24.1 Å². The van der Waals surface area contributed by atoms with Crippen molar-refractivity contribution in [2.75, 3.05) is 45.5 Å². The molecule has 1 atom stereocenters. The Balaban J connectivity index is 1.38. The Morgan fingerprint density at radius 1 is 0.921 bits per heavy atom. The van der Waals surface area contributed by atoms with Crippen molar-refractivity contribution >= 4 is 15.9 Å². The number of likely N-dealkylation sites (tertiary alicyclic amines) is 2. The lowest BCUT2D eigenvalue weighted by molar-refractivity contribution is -0.127. The van der Waals surface area contributed by atoms with Crippen LogP contribution in [0, 0.1) is 5.92 Å². The van der Waals surface area contributed by atoms with E-state index >= 15 is 0 Å². The van der Waals surface area contributed by atoms with Gasteiger partial charge in [-0.25, -0.2) is 12.7 Å². The average molecular weight is 540 g/mol. The first-order chi connectivity index (χ1) is 18.4. The summed E-state index contributed by atoms with van der Waals surface area (Å²) in [6.45, 7) is 6.86. The summed E-state index contributed by atoms with van der Waals surface area (Å²) in [5.41, 5.74) is 2.30. The van der Waals surface area contributed by atoms with Crippen LogP contribution in [0.1, 0.15) is 62.5 Å². The molecule has 0 spiro atoms. The molecule has 2 saturated heterocycles. The third-order valence-corrected chi connectivity index (χ3v) is 10.4. The van der Waals surface area contributed by atoms with Crippen molar-refractivity contribution in [1.82, 2.24) is 14.1 Å². The van der Waals surface area contributed by atoms with Crippen LogP contribution in [0.25, 0.3) is 0 Å². The van der Waals surface area contributed by atoms with Crippen LogP contribution in [0.4, 0.5) is 0 Å². The van der Waals surface area contributed by atoms with Crippen LogP contribution >= 0.6 is 0 Å². The highest BCUT2D eigenvalue weighted by atomic mass is 32.2. The summed E-state index contributed by atoms with van der Waals surface area (Å²) in [6.07, 6.45) is 5.64. The summed E-state index contributed by atoms with van der Waals surface area (Å²) in [6, 6.07) is 20.2. The summed E-state index contributed by atoms with van der Waals surface area (Å²) in [5, 5.41) is 0. The molecule has 0 radical (unpaired) electrons. The van der Waals surface area contributed by atoms with Crippen LogP contribution in [0.2, 0.25) is 0 Å². The summed E-state index contributed by atoms with van der Waals surface area (Å²) < 4.78 is 27.7. The number of hydrogen-bond donors (Lipinski definition) is 0. The largest absolute Gasteiger partial charge is 0.306 e. The number of piperidine rings is 2. The van der Waals surface area contributed by atoms with Crippen LogP contribution in [-0.2, 0) is 21.2 Å². The number of nitrogens with zero attached hydrogens (tertiary/aromatic N) is 3. The highest BCUT2D eigenvalue weighted by Gasteiger charge is 2.36. The highest BCUT2D eigenvalue weighted by Crippen LogP contribution is 2.35. The molecule has 0 bridgehead atoms. The van der Waals surface area contributed by atoms with Crippen LogP contribution < -0.4 is 0 Å². The fraction of sp³-hybridized carbons (Fsp3) is 0.581. The van der Waals surface area contributed by atoms with Gasteiger partial charge in [-0.15, -0.1) is 0 Å². The molecular weight excluding hydrogens is 494 g/mol. The molecule has 2 aromatic rings. The maximum atomic E-state index is 13.3. The van der Waals surface area contributed by atoms with Crippen molar-refractivity contribution in [2.45, 2.75) is 63.8 Å². The fourth-order valence-electron chi connectivity index (χ4n) is 6.30. The van der Waals surface area contributed by atoms with Crippen molar-refractivity contribution in [2.24, 2.45) is 5.92 Å². The van der Waals surface area contributed by atoms with Gasteiger partial charge in [-0.2, -0.15) is 0 Å². The molecular formula is C31H45N3O3S. The minimum Gasteiger partial charge on any atom is -0.306 e. The number of benzene rings is 2. The Bertz CT molecular complexity index is 1090. The lowest BCUT2D eigenvalue weighted by Crippen LogP contribution is -2.51. The zero-order valence-electron chi connectivity index (χ0n) is 23.2. The minimum absolute atomic E-state index is 0.0169. The first kappa shape index (κ1) is 28.8. The lowest BCUT2D eigenvalue weighted by Gasteiger charge is -2.39. The van der Waals surface area contributed by atoms with E-state index in [1.165, 1.54) is 35.8 Å². The summed E-state index contributed by atoms with van der Waals surface area (Å²) in [4.78, 5) is 18.2. The normalized spacial score (nSPS) is 19.3. The number of hydrogen-bond acceptors (Lipinski definition) is 5. The van der Waals surface area contributed by atoms with E-state index < -0.39 is 10.0 Å². The SMILES string of the molecule is CCCS(=O)(=O)N(C(=O)Cc1ccccc1)C1CCN(CCC(c2ccccc2)C2CCN(C)CC2)CC1. The van der Waals surface area contributed by atoms with Gasteiger partial charge in [0.1, 0.15) is 0 Å². The van der Waals surface area contributed by atoms with Crippen molar-refractivity contribution < 1.29 is 13.2 Å². The number of carbonyl (C=O) groups is 1. The number of rotatable bonds is 11. The molecule has 38 heavy (non-hydrogen) atoms. The molecule has 7 heteroatoms. The van der Waals surface area contributed by atoms with Gasteiger partial charge in [-0.05, 0) is 88.2 Å². The van der Waals surface area contributed by atoms with Gasteiger partial charge in [-0.3, -0.25) is 4.79 Å². The number of amides is 1. The van der Waals surface area contributed by atoms with Crippen LogP contribution in [-0.4, -0.2) is 80.0 Å². The zero-order valence-corrected chi connectivity index (χ0v) is 24.0. The standard InChI is InChI=1S/C31H45N3O3S/c1-3-24-38(36,37)34(31(35)25-26-10-6-4-7-11-26)29-16-21-33(22-17-29)23-18-30(27-12-8-5-9-13-27)28-14-19-32(2)20-15-28/h4-13,28-30H,3,14-25H2,1-2H3. The van der Waals surface area contributed by atoms with Crippen molar-refractivity contribution in [3.05, 3.63) is 71.8 Å². The second kappa shape index (κ2) is 13.7. The van der Waals surface area contributed by atoms with E-state index in [1.54, 1.807) is 0 Å². The summed E-state index contributed by atoms with van der Waals surface area (Å²) >= 11 is 0. The molecule has 0 N–H and O–H groups in total.